The van der Waals surface area contributed by atoms with E-state index in [2.05, 4.69) is 4.90 Å². The Bertz CT molecular complexity index is 343. The predicted octanol–water partition coefficient (Wildman–Crippen LogP) is 2.20. The molecule has 3 aliphatic rings. The fourth-order valence-corrected chi connectivity index (χ4v) is 3.21. The zero-order chi connectivity index (χ0) is 11.0. The van der Waals surface area contributed by atoms with Gasteiger partial charge in [-0.1, -0.05) is 30.3 Å². The fourth-order valence-electron chi connectivity index (χ4n) is 3.21. The third-order valence-electron chi connectivity index (χ3n) is 4.20. The summed E-state index contributed by atoms with van der Waals surface area (Å²) in [6.07, 6.45) is 3.54. The molecular formula is C14H19NO. The van der Waals surface area contributed by atoms with E-state index in [1.807, 2.05) is 30.3 Å². The van der Waals surface area contributed by atoms with Crippen molar-refractivity contribution < 1.29 is 5.11 Å². The van der Waals surface area contributed by atoms with Crippen LogP contribution in [0.5, 0.6) is 0 Å². The lowest BCUT2D eigenvalue weighted by Crippen LogP contribution is -2.51. The Kier molecular flexibility index (Phi) is 2.70. The van der Waals surface area contributed by atoms with Crippen molar-refractivity contribution in [2.45, 2.75) is 31.4 Å². The van der Waals surface area contributed by atoms with Crippen molar-refractivity contribution in [1.29, 1.82) is 0 Å². The zero-order valence-electron chi connectivity index (χ0n) is 9.55. The van der Waals surface area contributed by atoms with Crippen LogP contribution in [0.3, 0.4) is 0 Å². The van der Waals surface area contributed by atoms with Gasteiger partial charge in [-0.25, -0.2) is 0 Å². The van der Waals surface area contributed by atoms with Crippen molar-refractivity contribution in [2.24, 2.45) is 5.92 Å². The average Bonchev–Trinajstić information content (AvgIpc) is 2.40. The van der Waals surface area contributed by atoms with E-state index >= 15 is 0 Å². The van der Waals surface area contributed by atoms with Gasteiger partial charge in [-0.2, -0.15) is 0 Å². The molecule has 0 aromatic heterocycles. The molecule has 0 unspecified atom stereocenters. The van der Waals surface area contributed by atoms with E-state index in [4.69, 9.17) is 0 Å². The Labute approximate surface area is 96.9 Å². The summed E-state index contributed by atoms with van der Waals surface area (Å²) in [5.41, 5.74) is 1.07. The fraction of sp³-hybridized carbons (Fsp3) is 0.571. The molecule has 0 amide bonds. The van der Waals surface area contributed by atoms with Crippen LogP contribution in [0.15, 0.2) is 30.3 Å². The Morgan fingerprint density at radius 2 is 1.81 bits per heavy atom. The van der Waals surface area contributed by atoms with Crippen LogP contribution in [0, 0.1) is 5.92 Å². The second-order valence-electron chi connectivity index (χ2n) is 5.14. The maximum atomic E-state index is 10.4. The number of aliphatic hydroxyl groups excluding tert-OH is 1. The van der Waals surface area contributed by atoms with Crippen LogP contribution in [0.25, 0.3) is 0 Å². The number of fused-ring (bicyclic) bond motifs is 3. The Balaban J connectivity index is 1.78. The highest BCUT2D eigenvalue weighted by atomic mass is 16.3. The van der Waals surface area contributed by atoms with E-state index < -0.39 is 0 Å². The molecule has 2 nitrogen and oxygen atoms in total. The van der Waals surface area contributed by atoms with Crippen LogP contribution >= 0.6 is 0 Å². The third kappa shape index (κ3) is 1.76. The summed E-state index contributed by atoms with van der Waals surface area (Å²) in [5.74, 6) is 0.855. The van der Waals surface area contributed by atoms with Gasteiger partial charge in [0.05, 0.1) is 6.10 Å². The molecule has 3 aliphatic heterocycles. The maximum Gasteiger partial charge on any atom is 0.0945 e. The number of nitrogens with zero attached hydrogens (tertiary/aromatic N) is 1. The Morgan fingerprint density at radius 3 is 2.38 bits per heavy atom. The molecule has 1 N–H and O–H groups in total. The number of piperidine rings is 3. The number of aliphatic hydroxyl groups is 1. The zero-order valence-corrected chi connectivity index (χ0v) is 9.55. The standard InChI is InChI=1S/C14H19NO/c16-14(12-4-2-1-3-5-12)13-10-11-6-8-15(13)9-7-11/h1-5,11,13-14,16H,6-10H2/t13-,14-/m1/s1. The quantitative estimate of drug-likeness (QED) is 0.821. The topological polar surface area (TPSA) is 23.5 Å². The molecule has 3 fully saturated rings. The van der Waals surface area contributed by atoms with Gasteiger partial charge >= 0.3 is 0 Å². The minimum absolute atomic E-state index is 0.302. The summed E-state index contributed by atoms with van der Waals surface area (Å²) in [6.45, 7) is 2.36. The van der Waals surface area contributed by atoms with Gasteiger partial charge in [-0.05, 0) is 43.8 Å². The minimum Gasteiger partial charge on any atom is -0.387 e. The number of rotatable bonds is 2. The highest BCUT2D eigenvalue weighted by Gasteiger charge is 2.37. The number of hydrogen-bond donors (Lipinski definition) is 1. The van der Waals surface area contributed by atoms with Crippen LogP contribution in [0.2, 0.25) is 0 Å². The summed E-state index contributed by atoms with van der Waals surface area (Å²) in [4.78, 5) is 2.47. The van der Waals surface area contributed by atoms with Crippen LogP contribution < -0.4 is 0 Å². The largest absolute Gasteiger partial charge is 0.387 e. The normalized spacial score (nSPS) is 34.9. The minimum atomic E-state index is -0.302. The summed E-state index contributed by atoms with van der Waals surface area (Å²) in [5, 5.41) is 10.4. The van der Waals surface area contributed by atoms with E-state index in [0.29, 0.717) is 6.04 Å². The van der Waals surface area contributed by atoms with Crippen LogP contribution in [0.4, 0.5) is 0 Å². The SMILES string of the molecule is O[C@H](c1ccccc1)[C@H]1CC2CCN1CC2. The van der Waals surface area contributed by atoms with Gasteiger partial charge in [0.25, 0.3) is 0 Å². The molecule has 2 atom stereocenters. The first-order valence-electron chi connectivity index (χ1n) is 6.31. The van der Waals surface area contributed by atoms with Gasteiger partial charge in [-0.3, -0.25) is 4.90 Å². The molecular weight excluding hydrogens is 198 g/mol. The van der Waals surface area contributed by atoms with Crippen molar-refractivity contribution in [3.63, 3.8) is 0 Å². The summed E-state index contributed by atoms with van der Waals surface area (Å²) in [7, 11) is 0. The maximum absolute atomic E-state index is 10.4. The second-order valence-corrected chi connectivity index (χ2v) is 5.14. The highest BCUT2D eigenvalue weighted by molar-refractivity contribution is 5.19. The molecule has 3 heterocycles. The van der Waals surface area contributed by atoms with Gasteiger partial charge in [0.1, 0.15) is 0 Å². The van der Waals surface area contributed by atoms with Gasteiger partial charge in [0.15, 0.2) is 0 Å². The molecule has 1 aromatic carbocycles. The van der Waals surface area contributed by atoms with Crippen molar-refractivity contribution in [3.8, 4) is 0 Å². The van der Waals surface area contributed by atoms with Crippen LogP contribution in [-0.2, 0) is 0 Å². The molecule has 4 rings (SSSR count). The summed E-state index contributed by atoms with van der Waals surface area (Å²) in [6, 6.07) is 10.4. The second kappa shape index (κ2) is 4.19. The molecule has 0 spiro atoms. The monoisotopic (exact) mass is 217 g/mol. The highest BCUT2D eigenvalue weighted by Crippen LogP contribution is 2.37. The first-order chi connectivity index (χ1) is 7.84. The molecule has 86 valence electrons. The van der Waals surface area contributed by atoms with Gasteiger partial charge in [0.2, 0.25) is 0 Å². The molecule has 1 aromatic rings. The molecule has 0 radical (unpaired) electrons. The van der Waals surface area contributed by atoms with Crippen molar-refractivity contribution in [2.75, 3.05) is 13.1 Å². The number of hydrogen-bond acceptors (Lipinski definition) is 2. The van der Waals surface area contributed by atoms with E-state index in [1.165, 1.54) is 32.4 Å². The molecule has 2 heteroatoms. The van der Waals surface area contributed by atoms with E-state index in [1.54, 1.807) is 0 Å². The predicted molar refractivity (Wildman–Crippen MR) is 64.1 cm³/mol. The summed E-state index contributed by atoms with van der Waals surface area (Å²) >= 11 is 0. The lowest BCUT2D eigenvalue weighted by Gasteiger charge is -2.47. The molecule has 0 aliphatic carbocycles. The first kappa shape index (κ1) is 10.3. The van der Waals surface area contributed by atoms with Crippen molar-refractivity contribution >= 4 is 0 Å². The third-order valence-corrected chi connectivity index (χ3v) is 4.20. The van der Waals surface area contributed by atoms with Gasteiger partial charge < -0.3 is 5.11 Å². The van der Waals surface area contributed by atoms with E-state index in [-0.39, 0.29) is 6.10 Å². The Morgan fingerprint density at radius 1 is 1.12 bits per heavy atom. The summed E-state index contributed by atoms with van der Waals surface area (Å²) < 4.78 is 0. The van der Waals surface area contributed by atoms with E-state index in [0.717, 1.165) is 11.5 Å². The average molecular weight is 217 g/mol. The van der Waals surface area contributed by atoms with Crippen LogP contribution in [0.1, 0.15) is 30.9 Å². The first-order valence-corrected chi connectivity index (χ1v) is 6.31. The van der Waals surface area contributed by atoms with E-state index in [9.17, 15) is 5.11 Å². The Hall–Kier alpha value is -0.860. The van der Waals surface area contributed by atoms with Crippen LogP contribution in [-0.4, -0.2) is 29.1 Å². The lowest BCUT2D eigenvalue weighted by atomic mass is 9.80. The molecule has 2 bridgehead atoms. The molecule has 3 saturated heterocycles. The van der Waals surface area contributed by atoms with Crippen molar-refractivity contribution in [1.82, 2.24) is 4.90 Å². The molecule has 16 heavy (non-hydrogen) atoms. The lowest BCUT2D eigenvalue weighted by molar-refractivity contribution is -0.0268. The van der Waals surface area contributed by atoms with Gasteiger partial charge in [-0.15, -0.1) is 0 Å². The smallest absolute Gasteiger partial charge is 0.0945 e. The number of benzene rings is 1. The van der Waals surface area contributed by atoms with Gasteiger partial charge in [0, 0.05) is 6.04 Å². The van der Waals surface area contributed by atoms with Crippen molar-refractivity contribution in [3.05, 3.63) is 35.9 Å². The molecule has 0 saturated carbocycles.